The zero-order chi connectivity index (χ0) is 18.2. The standard InChI is InChI=1S/C16H18ClN3O3S2.ClH/c1-11-2-3-12(18)10-13(11)16(21)19-6-8-20(9-7-19)25(22,23)15-5-4-14(17)24-15;/h2-5,10H,6-9,18H2,1H3;1H. The van der Waals surface area contributed by atoms with Crippen LogP contribution in [-0.2, 0) is 10.0 Å². The molecule has 1 saturated heterocycles. The Hall–Kier alpha value is -1.32. The highest BCUT2D eigenvalue weighted by Gasteiger charge is 2.31. The highest BCUT2D eigenvalue weighted by molar-refractivity contribution is 7.91. The van der Waals surface area contributed by atoms with Crippen LogP contribution in [0.1, 0.15) is 15.9 Å². The number of aryl methyl sites for hydroxylation is 1. The Morgan fingerprint density at radius 1 is 1.15 bits per heavy atom. The number of amides is 1. The number of hydrogen-bond donors (Lipinski definition) is 1. The lowest BCUT2D eigenvalue weighted by molar-refractivity contribution is 0.0697. The first-order chi connectivity index (χ1) is 11.8. The molecule has 1 fully saturated rings. The fraction of sp³-hybridized carbons (Fsp3) is 0.312. The molecule has 0 unspecified atom stereocenters. The molecule has 1 aliphatic heterocycles. The summed E-state index contributed by atoms with van der Waals surface area (Å²) in [6, 6.07) is 8.30. The zero-order valence-electron chi connectivity index (χ0n) is 14.0. The van der Waals surface area contributed by atoms with Gasteiger partial charge in [-0.25, -0.2) is 8.42 Å². The number of carbonyl (C=O) groups excluding carboxylic acids is 1. The Morgan fingerprint density at radius 2 is 1.81 bits per heavy atom. The highest BCUT2D eigenvalue weighted by Crippen LogP contribution is 2.28. The van der Waals surface area contributed by atoms with E-state index in [2.05, 4.69) is 0 Å². The molecule has 1 aromatic carbocycles. The molecule has 26 heavy (non-hydrogen) atoms. The first-order valence-corrected chi connectivity index (χ1v) is 10.3. The van der Waals surface area contributed by atoms with Gasteiger partial charge in [0.1, 0.15) is 4.21 Å². The minimum atomic E-state index is -3.56. The van der Waals surface area contributed by atoms with Crippen LogP contribution in [0.3, 0.4) is 0 Å². The maximum Gasteiger partial charge on any atom is 0.254 e. The van der Waals surface area contributed by atoms with E-state index in [-0.39, 0.29) is 35.6 Å². The summed E-state index contributed by atoms with van der Waals surface area (Å²) in [5.74, 6) is -0.124. The van der Waals surface area contributed by atoms with E-state index in [4.69, 9.17) is 17.3 Å². The van der Waals surface area contributed by atoms with E-state index in [1.807, 2.05) is 13.0 Å². The molecule has 2 heterocycles. The summed E-state index contributed by atoms with van der Waals surface area (Å²) in [5.41, 5.74) is 7.71. The molecule has 0 saturated carbocycles. The Balaban J connectivity index is 0.00000243. The third kappa shape index (κ3) is 4.15. The van der Waals surface area contributed by atoms with Gasteiger partial charge in [0.25, 0.3) is 15.9 Å². The van der Waals surface area contributed by atoms with Crippen molar-refractivity contribution in [2.75, 3.05) is 31.9 Å². The van der Waals surface area contributed by atoms with E-state index in [0.717, 1.165) is 16.9 Å². The van der Waals surface area contributed by atoms with Crippen molar-refractivity contribution in [1.82, 2.24) is 9.21 Å². The lowest BCUT2D eigenvalue weighted by Gasteiger charge is -2.34. The van der Waals surface area contributed by atoms with Crippen molar-refractivity contribution in [2.45, 2.75) is 11.1 Å². The number of anilines is 1. The monoisotopic (exact) mass is 435 g/mol. The molecular formula is C16H19Cl2N3O3S2. The average Bonchev–Trinajstić information content (AvgIpc) is 3.04. The molecule has 1 aliphatic rings. The van der Waals surface area contributed by atoms with Crippen LogP contribution in [0.15, 0.2) is 34.5 Å². The third-order valence-electron chi connectivity index (χ3n) is 4.16. The number of hydrogen-bond acceptors (Lipinski definition) is 5. The number of piperazine rings is 1. The summed E-state index contributed by atoms with van der Waals surface area (Å²) in [6.45, 7) is 3.04. The molecule has 1 aromatic heterocycles. The van der Waals surface area contributed by atoms with Gasteiger partial charge in [-0.1, -0.05) is 17.7 Å². The molecule has 0 aliphatic carbocycles. The number of nitrogen functional groups attached to an aromatic ring is 1. The van der Waals surface area contributed by atoms with E-state index in [1.165, 1.54) is 10.4 Å². The molecule has 0 bridgehead atoms. The molecule has 0 radical (unpaired) electrons. The van der Waals surface area contributed by atoms with Crippen LogP contribution in [0.2, 0.25) is 4.34 Å². The first kappa shape index (κ1) is 21.0. The molecule has 1 amide bonds. The normalized spacial score (nSPS) is 15.5. The highest BCUT2D eigenvalue weighted by atomic mass is 35.5. The maximum absolute atomic E-state index is 12.7. The van der Waals surface area contributed by atoms with Crippen LogP contribution in [0.25, 0.3) is 0 Å². The second kappa shape index (κ2) is 8.14. The Morgan fingerprint density at radius 3 is 2.38 bits per heavy atom. The fourth-order valence-electron chi connectivity index (χ4n) is 2.74. The summed E-state index contributed by atoms with van der Waals surface area (Å²) < 4.78 is 27.3. The molecule has 2 N–H and O–H groups in total. The van der Waals surface area contributed by atoms with Crippen molar-refractivity contribution in [1.29, 1.82) is 0 Å². The zero-order valence-corrected chi connectivity index (χ0v) is 17.2. The molecule has 10 heteroatoms. The van der Waals surface area contributed by atoms with Gasteiger partial charge in [0.2, 0.25) is 0 Å². The summed E-state index contributed by atoms with van der Waals surface area (Å²) in [5, 5.41) is 0. The lowest BCUT2D eigenvalue weighted by Crippen LogP contribution is -2.50. The van der Waals surface area contributed by atoms with Gasteiger partial charge in [-0.05, 0) is 36.8 Å². The topological polar surface area (TPSA) is 83.7 Å². The number of benzene rings is 1. The van der Waals surface area contributed by atoms with E-state index >= 15 is 0 Å². The number of carbonyl (C=O) groups is 1. The molecule has 3 rings (SSSR count). The van der Waals surface area contributed by atoms with Gasteiger partial charge in [0.05, 0.1) is 4.34 Å². The second-order valence-corrected chi connectivity index (χ2v) is 9.71. The maximum atomic E-state index is 12.7. The number of sulfonamides is 1. The number of nitrogens with zero attached hydrogens (tertiary/aromatic N) is 2. The van der Waals surface area contributed by atoms with Crippen molar-refractivity contribution in [3.05, 3.63) is 45.8 Å². The molecule has 142 valence electrons. The van der Waals surface area contributed by atoms with Gasteiger partial charge in [-0.15, -0.1) is 23.7 Å². The minimum Gasteiger partial charge on any atom is -0.399 e. The Kier molecular flexibility index (Phi) is 6.57. The van der Waals surface area contributed by atoms with Crippen molar-refractivity contribution < 1.29 is 13.2 Å². The van der Waals surface area contributed by atoms with Gasteiger partial charge >= 0.3 is 0 Å². The summed E-state index contributed by atoms with van der Waals surface area (Å²) in [6.07, 6.45) is 0. The van der Waals surface area contributed by atoms with Gasteiger partial charge in [-0.2, -0.15) is 4.31 Å². The van der Waals surface area contributed by atoms with Crippen LogP contribution < -0.4 is 5.73 Å². The van der Waals surface area contributed by atoms with Crippen molar-refractivity contribution in [2.24, 2.45) is 0 Å². The van der Waals surface area contributed by atoms with E-state index in [1.54, 1.807) is 23.1 Å². The quantitative estimate of drug-likeness (QED) is 0.751. The van der Waals surface area contributed by atoms with Gasteiger partial charge in [-0.3, -0.25) is 4.79 Å². The number of nitrogens with two attached hydrogens (primary N) is 1. The fourth-order valence-corrected chi connectivity index (χ4v) is 5.79. The predicted octanol–water partition coefficient (Wildman–Crippen LogP) is 2.86. The minimum absolute atomic E-state index is 0. The number of thiophene rings is 1. The molecular weight excluding hydrogens is 417 g/mol. The van der Waals surface area contributed by atoms with Crippen molar-refractivity contribution in [3.63, 3.8) is 0 Å². The van der Waals surface area contributed by atoms with Crippen molar-refractivity contribution in [3.8, 4) is 0 Å². The van der Waals surface area contributed by atoms with E-state index in [0.29, 0.717) is 28.7 Å². The van der Waals surface area contributed by atoms with Crippen LogP contribution in [0.4, 0.5) is 5.69 Å². The predicted molar refractivity (Wildman–Crippen MR) is 107 cm³/mol. The van der Waals surface area contributed by atoms with Crippen LogP contribution in [0, 0.1) is 6.92 Å². The summed E-state index contributed by atoms with van der Waals surface area (Å²) in [7, 11) is -3.56. The Bertz CT molecular complexity index is 907. The summed E-state index contributed by atoms with van der Waals surface area (Å²) >= 11 is 6.88. The summed E-state index contributed by atoms with van der Waals surface area (Å²) in [4.78, 5) is 14.4. The largest absolute Gasteiger partial charge is 0.399 e. The lowest BCUT2D eigenvalue weighted by atomic mass is 10.1. The smallest absolute Gasteiger partial charge is 0.254 e. The van der Waals surface area contributed by atoms with Crippen LogP contribution >= 0.6 is 35.3 Å². The SMILES string of the molecule is Cc1ccc(N)cc1C(=O)N1CCN(S(=O)(=O)c2ccc(Cl)s2)CC1.Cl. The van der Waals surface area contributed by atoms with Crippen LogP contribution in [-0.4, -0.2) is 49.7 Å². The number of halogens is 2. The molecule has 0 atom stereocenters. The Labute approximate surface area is 168 Å². The first-order valence-electron chi connectivity index (χ1n) is 7.70. The van der Waals surface area contributed by atoms with E-state index in [9.17, 15) is 13.2 Å². The van der Waals surface area contributed by atoms with Gasteiger partial charge in [0, 0.05) is 37.4 Å². The molecule has 6 nitrogen and oxygen atoms in total. The molecule has 2 aromatic rings. The average molecular weight is 436 g/mol. The van der Waals surface area contributed by atoms with Crippen molar-refractivity contribution >= 4 is 57.0 Å². The van der Waals surface area contributed by atoms with Crippen LogP contribution in [0.5, 0.6) is 0 Å². The second-order valence-electron chi connectivity index (χ2n) is 5.83. The number of rotatable bonds is 3. The van der Waals surface area contributed by atoms with Gasteiger partial charge in [0.15, 0.2) is 0 Å². The third-order valence-corrected chi connectivity index (χ3v) is 7.76. The molecule has 0 spiro atoms. The van der Waals surface area contributed by atoms with Gasteiger partial charge < -0.3 is 10.6 Å². The van der Waals surface area contributed by atoms with E-state index < -0.39 is 10.0 Å².